The summed E-state index contributed by atoms with van der Waals surface area (Å²) in [6.45, 7) is 0. The zero-order chi connectivity index (χ0) is 18.8. The number of aromatic amines is 1. The monoisotopic (exact) mass is 387 g/mol. The second-order valence-electron chi connectivity index (χ2n) is 6.34. The SMILES string of the molecule is c1ccc(CSc2nnc3c(n2)OC(c2ccc[nH]2)Nc2ccccc2-3)cc1. The van der Waals surface area contributed by atoms with Gasteiger partial charge in [-0.25, -0.2) is 0 Å². The molecule has 2 aromatic heterocycles. The Morgan fingerprint density at radius 1 is 0.929 bits per heavy atom. The molecule has 0 aliphatic carbocycles. The molecule has 1 unspecified atom stereocenters. The van der Waals surface area contributed by atoms with E-state index < -0.39 is 0 Å². The van der Waals surface area contributed by atoms with Gasteiger partial charge in [-0.3, -0.25) is 0 Å². The van der Waals surface area contributed by atoms with Crippen LogP contribution in [0, 0.1) is 0 Å². The van der Waals surface area contributed by atoms with Gasteiger partial charge in [-0.2, -0.15) is 4.98 Å². The number of fused-ring (bicyclic) bond motifs is 3. The zero-order valence-corrected chi connectivity index (χ0v) is 15.7. The second-order valence-corrected chi connectivity index (χ2v) is 7.28. The Morgan fingerprint density at radius 3 is 2.64 bits per heavy atom. The maximum Gasteiger partial charge on any atom is 0.247 e. The van der Waals surface area contributed by atoms with Crippen molar-refractivity contribution in [2.45, 2.75) is 17.1 Å². The molecule has 6 nitrogen and oxygen atoms in total. The summed E-state index contributed by atoms with van der Waals surface area (Å²) in [6, 6.07) is 22.1. The van der Waals surface area contributed by atoms with E-state index in [1.807, 2.05) is 60.8 Å². The Balaban J connectivity index is 1.49. The number of ether oxygens (including phenoxy) is 1. The Bertz CT molecular complexity index is 1090. The molecule has 7 heteroatoms. The van der Waals surface area contributed by atoms with Crippen LogP contribution >= 0.6 is 11.8 Å². The van der Waals surface area contributed by atoms with E-state index in [-0.39, 0.29) is 6.23 Å². The smallest absolute Gasteiger partial charge is 0.247 e. The first kappa shape index (κ1) is 16.8. The van der Waals surface area contributed by atoms with Crippen molar-refractivity contribution in [2.24, 2.45) is 0 Å². The van der Waals surface area contributed by atoms with Crippen LogP contribution in [0.15, 0.2) is 78.1 Å². The van der Waals surface area contributed by atoms with E-state index in [0.717, 1.165) is 22.7 Å². The van der Waals surface area contributed by atoms with Gasteiger partial charge >= 0.3 is 0 Å². The van der Waals surface area contributed by atoms with Crippen molar-refractivity contribution in [3.05, 3.63) is 84.2 Å². The molecule has 1 aliphatic rings. The van der Waals surface area contributed by atoms with Crippen LogP contribution in [0.4, 0.5) is 5.69 Å². The van der Waals surface area contributed by atoms with Crippen LogP contribution in [-0.4, -0.2) is 20.2 Å². The van der Waals surface area contributed by atoms with Crippen LogP contribution < -0.4 is 10.1 Å². The average molecular weight is 387 g/mol. The minimum atomic E-state index is -0.388. The predicted octanol–water partition coefficient (Wildman–Crippen LogP) is 4.66. The maximum absolute atomic E-state index is 6.21. The van der Waals surface area contributed by atoms with Gasteiger partial charge in [0.25, 0.3) is 0 Å². The van der Waals surface area contributed by atoms with E-state index in [0.29, 0.717) is 16.7 Å². The third-order valence-corrected chi connectivity index (χ3v) is 5.36. The van der Waals surface area contributed by atoms with Gasteiger partial charge < -0.3 is 15.0 Å². The largest absolute Gasteiger partial charge is 0.446 e. The average Bonchev–Trinajstić information content (AvgIpc) is 3.23. The summed E-state index contributed by atoms with van der Waals surface area (Å²) in [5.41, 5.74) is 4.62. The summed E-state index contributed by atoms with van der Waals surface area (Å²) in [5.74, 6) is 1.25. The molecule has 0 saturated heterocycles. The third-order valence-electron chi connectivity index (χ3n) is 4.45. The summed E-state index contributed by atoms with van der Waals surface area (Å²) in [6.07, 6.45) is 1.48. The van der Waals surface area contributed by atoms with Crippen molar-refractivity contribution in [2.75, 3.05) is 5.32 Å². The summed E-state index contributed by atoms with van der Waals surface area (Å²) in [7, 11) is 0. The summed E-state index contributed by atoms with van der Waals surface area (Å²) in [5, 5.41) is 12.8. The number of aromatic nitrogens is 4. The molecular weight excluding hydrogens is 370 g/mol. The molecule has 1 aliphatic heterocycles. The number of thioether (sulfide) groups is 1. The third kappa shape index (κ3) is 3.32. The molecule has 2 aromatic carbocycles. The van der Waals surface area contributed by atoms with Gasteiger partial charge in [-0.1, -0.05) is 60.3 Å². The Hall–Kier alpha value is -3.32. The van der Waals surface area contributed by atoms with Crippen LogP contribution in [0.2, 0.25) is 0 Å². The lowest BCUT2D eigenvalue weighted by molar-refractivity contribution is 0.221. The van der Waals surface area contributed by atoms with Crippen LogP contribution in [0.5, 0.6) is 5.88 Å². The van der Waals surface area contributed by atoms with Gasteiger partial charge in [0.2, 0.25) is 17.3 Å². The lowest BCUT2D eigenvalue weighted by Crippen LogP contribution is -2.17. The van der Waals surface area contributed by atoms with Crippen LogP contribution in [0.25, 0.3) is 11.3 Å². The lowest BCUT2D eigenvalue weighted by Gasteiger charge is -2.17. The van der Waals surface area contributed by atoms with E-state index in [9.17, 15) is 0 Å². The standard InChI is InChI=1S/C21H17N5OS/c1-2-7-14(8-3-1)13-28-21-24-20-18(25-26-21)15-9-4-5-10-16(15)23-19(27-20)17-11-6-12-22-17/h1-12,19,22-23H,13H2. The van der Waals surface area contributed by atoms with Crippen LogP contribution in [0.3, 0.4) is 0 Å². The summed E-state index contributed by atoms with van der Waals surface area (Å²) < 4.78 is 6.21. The topological polar surface area (TPSA) is 75.7 Å². The second kappa shape index (κ2) is 7.36. The molecule has 0 amide bonds. The van der Waals surface area contributed by atoms with Gasteiger partial charge in [0, 0.05) is 23.2 Å². The molecule has 0 radical (unpaired) electrons. The fourth-order valence-corrected chi connectivity index (χ4v) is 3.81. The minimum Gasteiger partial charge on any atom is -0.446 e. The van der Waals surface area contributed by atoms with E-state index in [1.165, 1.54) is 5.56 Å². The molecule has 3 heterocycles. The van der Waals surface area contributed by atoms with Crippen molar-refractivity contribution >= 4 is 17.4 Å². The van der Waals surface area contributed by atoms with Crippen LogP contribution in [-0.2, 0) is 5.75 Å². The first-order chi connectivity index (χ1) is 13.9. The van der Waals surface area contributed by atoms with Gasteiger partial charge in [0.15, 0.2) is 5.69 Å². The van der Waals surface area contributed by atoms with Crippen molar-refractivity contribution < 1.29 is 4.74 Å². The number of para-hydroxylation sites is 1. The number of hydrogen-bond acceptors (Lipinski definition) is 6. The van der Waals surface area contributed by atoms with Crippen molar-refractivity contribution in [3.63, 3.8) is 0 Å². The number of nitrogens with one attached hydrogen (secondary N) is 2. The van der Waals surface area contributed by atoms with Crippen LogP contribution in [0.1, 0.15) is 17.5 Å². The maximum atomic E-state index is 6.21. The molecule has 1 atom stereocenters. The van der Waals surface area contributed by atoms with Gasteiger partial charge in [-0.05, 0) is 23.8 Å². The highest BCUT2D eigenvalue weighted by Gasteiger charge is 2.26. The molecule has 0 bridgehead atoms. The molecule has 0 spiro atoms. The fraction of sp³-hybridized carbons (Fsp3) is 0.0952. The van der Waals surface area contributed by atoms with Gasteiger partial charge in [-0.15, -0.1) is 10.2 Å². The van der Waals surface area contributed by atoms with Crippen molar-refractivity contribution in [1.29, 1.82) is 0 Å². The van der Waals surface area contributed by atoms with E-state index in [1.54, 1.807) is 11.8 Å². The van der Waals surface area contributed by atoms with Crippen molar-refractivity contribution in [3.8, 4) is 17.1 Å². The van der Waals surface area contributed by atoms with E-state index in [4.69, 9.17) is 4.74 Å². The molecule has 5 rings (SSSR count). The number of nitrogens with zero attached hydrogens (tertiary/aromatic N) is 3. The number of benzene rings is 2. The fourth-order valence-electron chi connectivity index (χ4n) is 3.08. The number of anilines is 1. The quantitative estimate of drug-likeness (QED) is 0.496. The number of H-pyrrole nitrogens is 1. The Morgan fingerprint density at radius 2 is 1.79 bits per heavy atom. The number of rotatable bonds is 4. The Labute approximate surface area is 166 Å². The highest BCUT2D eigenvalue weighted by Crippen LogP contribution is 2.39. The van der Waals surface area contributed by atoms with Gasteiger partial charge in [0.05, 0.1) is 5.69 Å². The first-order valence-corrected chi connectivity index (χ1v) is 9.93. The molecule has 28 heavy (non-hydrogen) atoms. The highest BCUT2D eigenvalue weighted by atomic mass is 32.2. The highest BCUT2D eigenvalue weighted by molar-refractivity contribution is 7.98. The normalized spacial score (nSPS) is 14.9. The molecule has 2 N–H and O–H groups in total. The molecule has 0 fully saturated rings. The molecular formula is C21H17N5OS. The Kier molecular flexibility index (Phi) is 4.42. The van der Waals surface area contributed by atoms with Crippen molar-refractivity contribution in [1.82, 2.24) is 20.2 Å². The summed E-state index contributed by atoms with van der Waals surface area (Å²) >= 11 is 1.54. The molecule has 0 saturated carbocycles. The summed E-state index contributed by atoms with van der Waals surface area (Å²) in [4.78, 5) is 7.86. The van der Waals surface area contributed by atoms with Gasteiger partial charge in [0.1, 0.15) is 0 Å². The molecule has 4 aromatic rings. The van der Waals surface area contributed by atoms with E-state index >= 15 is 0 Å². The minimum absolute atomic E-state index is 0.388. The predicted molar refractivity (Wildman–Crippen MR) is 109 cm³/mol. The molecule has 138 valence electrons. The first-order valence-electron chi connectivity index (χ1n) is 8.94. The zero-order valence-electron chi connectivity index (χ0n) is 14.9. The lowest BCUT2D eigenvalue weighted by atomic mass is 10.1. The number of hydrogen-bond donors (Lipinski definition) is 2. The van der Waals surface area contributed by atoms with E-state index in [2.05, 4.69) is 37.6 Å².